The van der Waals surface area contributed by atoms with Crippen LogP contribution in [0.5, 0.6) is 11.5 Å². The molecule has 0 amide bonds. The molecule has 1 aromatic rings. The van der Waals surface area contributed by atoms with Crippen LogP contribution in [0, 0.1) is 0 Å². The van der Waals surface area contributed by atoms with Gasteiger partial charge in [-0.25, -0.2) is 4.79 Å². The summed E-state index contributed by atoms with van der Waals surface area (Å²) < 4.78 is 15.5. The van der Waals surface area contributed by atoms with Gasteiger partial charge in [0.1, 0.15) is 0 Å². The Kier molecular flexibility index (Phi) is 5.43. The number of halogens is 1. The first-order valence-corrected chi connectivity index (χ1v) is 6.11. The van der Waals surface area contributed by atoms with Gasteiger partial charge in [-0.3, -0.25) is 0 Å². The number of esters is 1. The first-order chi connectivity index (χ1) is 8.56. The lowest BCUT2D eigenvalue weighted by molar-refractivity contribution is -0.153. The van der Waals surface area contributed by atoms with Crippen molar-refractivity contribution in [3.8, 4) is 11.5 Å². The van der Waals surface area contributed by atoms with Crippen LogP contribution in [0.15, 0.2) is 16.6 Å². The molecule has 0 fully saturated rings. The summed E-state index contributed by atoms with van der Waals surface area (Å²) in [6.45, 7) is 1.88. The van der Waals surface area contributed by atoms with Gasteiger partial charge in [0.05, 0.1) is 25.3 Å². The van der Waals surface area contributed by atoms with Crippen molar-refractivity contribution in [2.45, 2.75) is 13.0 Å². The fourth-order valence-electron chi connectivity index (χ4n) is 1.46. The summed E-state index contributed by atoms with van der Waals surface area (Å²) in [6, 6.07) is 3.19. The first-order valence-electron chi connectivity index (χ1n) is 5.31. The van der Waals surface area contributed by atoms with Gasteiger partial charge in [0.15, 0.2) is 17.6 Å². The van der Waals surface area contributed by atoms with Gasteiger partial charge >= 0.3 is 5.97 Å². The van der Waals surface area contributed by atoms with Gasteiger partial charge in [-0.15, -0.1) is 0 Å². The van der Waals surface area contributed by atoms with Gasteiger partial charge in [-0.05, 0) is 28.9 Å². The molecule has 0 saturated heterocycles. The minimum Gasteiger partial charge on any atom is -0.493 e. The summed E-state index contributed by atoms with van der Waals surface area (Å²) in [5, 5.41) is 9.88. The van der Waals surface area contributed by atoms with E-state index in [1.165, 1.54) is 14.2 Å². The molecule has 0 bridgehead atoms. The number of ether oxygens (including phenoxy) is 3. The number of aliphatic hydroxyl groups excluding tert-OH is 1. The highest BCUT2D eigenvalue weighted by Gasteiger charge is 2.24. The molecule has 6 heteroatoms. The molecule has 1 unspecified atom stereocenters. The Morgan fingerprint density at radius 3 is 2.56 bits per heavy atom. The van der Waals surface area contributed by atoms with Crippen LogP contribution < -0.4 is 9.47 Å². The van der Waals surface area contributed by atoms with Gasteiger partial charge < -0.3 is 19.3 Å². The first kappa shape index (κ1) is 14.8. The zero-order valence-corrected chi connectivity index (χ0v) is 12.0. The largest absolute Gasteiger partial charge is 0.493 e. The third-order valence-corrected chi connectivity index (χ3v) is 3.14. The van der Waals surface area contributed by atoms with Crippen LogP contribution in [-0.4, -0.2) is 31.9 Å². The van der Waals surface area contributed by atoms with Gasteiger partial charge in [-0.2, -0.15) is 0 Å². The number of methoxy groups -OCH3 is 2. The monoisotopic (exact) mass is 318 g/mol. The van der Waals surface area contributed by atoms with Crippen LogP contribution in [0.3, 0.4) is 0 Å². The summed E-state index contributed by atoms with van der Waals surface area (Å²) in [6.07, 6.45) is -1.36. The van der Waals surface area contributed by atoms with Gasteiger partial charge in [0.25, 0.3) is 0 Å². The highest BCUT2D eigenvalue weighted by atomic mass is 79.9. The highest BCUT2D eigenvalue weighted by Crippen LogP contribution is 2.39. The van der Waals surface area contributed by atoms with Crippen molar-refractivity contribution in [3.05, 3.63) is 22.2 Å². The maximum absolute atomic E-state index is 11.5. The quantitative estimate of drug-likeness (QED) is 0.842. The van der Waals surface area contributed by atoms with E-state index >= 15 is 0 Å². The molecule has 1 atom stereocenters. The van der Waals surface area contributed by atoms with E-state index in [4.69, 9.17) is 14.2 Å². The predicted octanol–water partition coefficient (Wildman–Crippen LogP) is 2.06. The lowest BCUT2D eigenvalue weighted by Crippen LogP contribution is -2.16. The summed E-state index contributed by atoms with van der Waals surface area (Å²) >= 11 is 3.28. The molecule has 0 aromatic heterocycles. The van der Waals surface area contributed by atoms with Gasteiger partial charge in [-0.1, -0.05) is 6.07 Å². The van der Waals surface area contributed by atoms with Crippen molar-refractivity contribution >= 4 is 21.9 Å². The van der Waals surface area contributed by atoms with Crippen molar-refractivity contribution in [1.82, 2.24) is 0 Å². The molecule has 0 aliphatic carbocycles. The van der Waals surface area contributed by atoms with Crippen LogP contribution in [0.4, 0.5) is 0 Å². The van der Waals surface area contributed by atoms with Crippen molar-refractivity contribution in [1.29, 1.82) is 0 Å². The Balaban J connectivity index is 3.14. The third kappa shape index (κ3) is 2.94. The Bertz CT molecular complexity index is 433. The Morgan fingerprint density at radius 2 is 2.06 bits per heavy atom. The van der Waals surface area contributed by atoms with Crippen molar-refractivity contribution in [2.75, 3.05) is 20.8 Å². The summed E-state index contributed by atoms with van der Waals surface area (Å²) in [5.41, 5.74) is 0.367. The third-order valence-electron chi connectivity index (χ3n) is 2.32. The van der Waals surface area contributed by atoms with Crippen molar-refractivity contribution < 1.29 is 24.1 Å². The van der Waals surface area contributed by atoms with Gasteiger partial charge in [0, 0.05) is 5.56 Å². The molecule has 0 radical (unpaired) electrons. The number of aliphatic hydroxyl groups is 1. The molecule has 1 N–H and O–H groups in total. The molecule has 1 aromatic carbocycles. The van der Waals surface area contributed by atoms with Crippen molar-refractivity contribution in [3.63, 3.8) is 0 Å². The zero-order valence-electron chi connectivity index (χ0n) is 10.4. The second kappa shape index (κ2) is 6.61. The molecule has 0 saturated carbocycles. The van der Waals surface area contributed by atoms with Crippen LogP contribution >= 0.6 is 15.9 Å². The van der Waals surface area contributed by atoms with Crippen LogP contribution in [0.25, 0.3) is 0 Å². The molecule has 0 aliphatic heterocycles. The molecule has 0 spiro atoms. The smallest absolute Gasteiger partial charge is 0.339 e. The van der Waals surface area contributed by atoms with E-state index in [2.05, 4.69) is 15.9 Å². The van der Waals surface area contributed by atoms with Crippen molar-refractivity contribution in [2.24, 2.45) is 0 Å². The standard InChI is InChI=1S/C12H15BrO5/c1-4-18-12(15)10(14)7-5-6-8(16-2)11(17-3)9(7)13/h5-6,10,14H,4H2,1-3H3. The average molecular weight is 319 g/mol. The van der Waals surface area contributed by atoms with E-state index in [-0.39, 0.29) is 6.61 Å². The molecule has 18 heavy (non-hydrogen) atoms. The number of carbonyl (C=O) groups is 1. The average Bonchev–Trinajstić information content (AvgIpc) is 2.37. The number of rotatable bonds is 5. The summed E-state index contributed by atoms with van der Waals surface area (Å²) in [5.74, 6) is 0.216. The number of benzene rings is 1. The molecule has 5 nitrogen and oxygen atoms in total. The molecular weight excluding hydrogens is 304 g/mol. The minimum atomic E-state index is -1.36. The Hall–Kier alpha value is -1.27. The van der Waals surface area contributed by atoms with Crippen LogP contribution in [0.2, 0.25) is 0 Å². The minimum absolute atomic E-state index is 0.209. The maximum Gasteiger partial charge on any atom is 0.339 e. The molecule has 100 valence electrons. The fourth-order valence-corrected chi connectivity index (χ4v) is 2.17. The topological polar surface area (TPSA) is 65.0 Å². The van der Waals surface area contributed by atoms with Crippen LogP contribution in [-0.2, 0) is 9.53 Å². The lowest BCUT2D eigenvalue weighted by Gasteiger charge is -2.16. The fraction of sp³-hybridized carbons (Fsp3) is 0.417. The molecule has 0 heterocycles. The van der Waals surface area contributed by atoms with Gasteiger partial charge in [0.2, 0.25) is 0 Å². The van der Waals surface area contributed by atoms with E-state index in [9.17, 15) is 9.90 Å². The molecular formula is C12H15BrO5. The molecule has 1 rings (SSSR count). The SMILES string of the molecule is CCOC(=O)C(O)c1ccc(OC)c(OC)c1Br. The zero-order chi connectivity index (χ0) is 13.7. The molecule has 0 aliphatic rings. The summed E-state index contributed by atoms with van der Waals surface area (Å²) in [4.78, 5) is 11.5. The van der Waals surface area contributed by atoms with E-state index in [0.717, 1.165) is 0 Å². The Labute approximate surface area is 114 Å². The summed E-state index contributed by atoms with van der Waals surface area (Å²) in [7, 11) is 2.98. The second-order valence-electron chi connectivity index (χ2n) is 3.36. The van der Waals surface area contributed by atoms with Crippen LogP contribution in [0.1, 0.15) is 18.6 Å². The maximum atomic E-state index is 11.5. The highest BCUT2D eigenvalue weighted by molar-refractivity contribution is 9.10. The normalized spacial score (nSPS) is 11.8. The Morgan fingerprint density at radius 1 is 1.39 bits per heavy atom. The lowest BCUT2D eigenvalue weighted by atomic mass is 10.1. The number of carbonyl (C=O) groups excluding carboxylic acids is 1. The predicted molar refractivity (Wildman–Crippen MR) is 68.8 cm³/mol. The van der Waals surface area contributed by atoms with E-state index < -0.39 is 12.1 Å². The number of hydrogen-bond donors (Lipinski definition) is 1. The van der Waals surface area contributed by atoms with E-state index in [1.54, 1.807) is 19.1 Å². The van der Waals surface area contributed by atoms with E-state index in [0.29, 0.717) is 21.5 Å². The van der Waals surface area contributed by atoms with E-state index in [1.807, 2.05) is 0 Å². The second-order valence-corrected chi connectivity index (χ2v) is 4.15. The number of hydrogen-bond acceptors (Lipinski definition) is 5.